The first kappa shape index (κ1) is 12.2. The highest BCUT2D eigenvalue weighted by molar-refractivity contribution is 6.22. The summed E-state index contributed by atoms with van der Waals surface area (Å²) in [6, 6.07) is 0.141. The van der Waals surface area contributed by atoms with Gasteiger partial charge < -0.3 is 0 Å². The minimum atomic E-state index is -3.82. The summed E-state index contributed by atoms with van der Waals surface area (Å²) < 4.78 is 51.2. The molecule has 1 rings (SSSR count). The lowest BCUT2D eigenvalue weighted by atomic mass is 10.1. The van der Waals surface area contributed by atoms with E-state index in [1.54, 1.807) is 5.43 Å². The van der Waals surface area contributed by atoms with Gasteiger partial charge in [-0.15, -0.1) is 0 Å². The highest BCUT2D eigenvalue weighted by Crippen LogP contribution is 2.35. The van der Waals surface area contributed by atoms with Crippen molar-refractivity contribution in [3.63, 3.8) is 0 Å². The van der Waals surface area contributed by atoms with Crippen molar-refractivity contribution >= 4 is 11.6 Å². The first-order valence-corrected chi connectivity index (χ1v) is 4.22. The molecule has 0 amide bonds. The van der Waals surface area contributed by atoms with Gasteiger partial charge >= 0.3 is 5.38 Å². The molecule has 0 aliphatic heterocycles. The van der Waals surface area contributed by atoms with Crippen molar-refractivity contribution in [2.45, 2.75) is 11.4 Å². The molecule has 1 atom stereocenters. The van der Waals surface area contributed by atoms with Crippen LogP contribution in [0, 0.1) is 11.6 Å². The molecule has 1 unspecified atom stereocenters. The topological polar surface area (TPSA) is 38.0 Å². The number of rotatable bonds is 3. The van der Waals surface area contributed by atoms with Crippen LogP contribution in [0.2, 0.25) is 0 Å². The Balaban J connectivity index is 3.18. The van der Waals surface area contributed by atoms with Gasteiger partial charge in [-0.3, -0.25) is 5.84 Å². The molecule has 1 aromatic carbocycles. The first-order chi connectivity index (χ1) is 6.86. The maximum Gasteiger partial charge on any atom is 0.342 e. The Labute approximate surface area is 88.0 Å². The van der Waals surface area contributed by atoms with Crippen LogP contribution < -0.4 is 11.3 Å². The fourth-order valence-corrected chi connectivity index (χ4v) is 1.28. The van der Waals surface area contributed by atoms with E-state index in [0.717, 1.165) is 12.1 Å². The molecule has 0 bridgehead atoms. The van der Waals surface area contributed by atoms with Crippen LogP contribution in [0.3, 0.4) is 0 Å². The molecule has 0 aromatic heterocycles. The van der Waals surface area contributed by atoms with Crippen molar-refractivity contribution in [3.05, 3.63) is 35.4 Å². The molecule has 0 saturated heterocycles. The lowest BCUT2D eigenvalue weighted by Gasteiger charge is -2.21. The van der Waals surface area contributed by atoms with Crippen molar-refractivity contribution in [1.29, 1.82) is 0 Å². The van der Waals surface area contributed by atoms with E-state index in [2.05, 4.69) is 0 Å². The van der Waals surface area contributed by atoms with E-state index < -0.39 is 28.6 Å². The minimum absolute atomic E-state index is 0.607. The van der Waals surface area contributed by atoms with Crippen molar-refractivity contribution in [2.75, 3.05) is 0 Å². The van der Waals surface area contributed by atoms with Crippen LogP contribution in [-0.4, -0.2) is 5.38 Å². The number of halogens is 5. The van der Waals surface area contributed by atoms with Gasteiger partial charge in [-0.05, 0) is 29.8 Å². The van der Waals surface area contributed by atoms with Gasteiger partial charge in [0.2, 0.25) is 0 Å². The van der Waals surface area contributed by atoms with Crippen LogP contribution in [-0.2, 0) is 0 Å². The second kappa shape index (κ2) is 4.34. The molecule has 2 nitrogen and oxygen atoms in total. The summed E-state index contributed by atoms with van der Waals surface area (Å²) in [5, 5.41) is -3.82. The van der Waals surface area contributed by atoms with Gasteiger partial charge in [-0.2, -0.15) is 8.78 Å². The number of nitrogens with two attached hydrogens (primary N) is 1. The second-order valence-electron chi connectivity index (χ2n) is 2.81. The van der Waals surface area contributed by atoms with Gasteiger partial charge in [0.1, 0.15) is 17.7 Å². The summed E-state index contributed by atoms with van der Waals surface area (Å²) in [5.41, 5.74) is 1.01. The maximum atomic E-state index is 13.1. The standard InChI is InChI=1S/C8H7ClF4N2/c9-8(12,13)7(15-14)5-3-4(10)1-2-6(5)11/h1-3,7,15H,14H2. The van der Waals surface area contributed by atoms with Crippen LogP contribution >= 0.6 is 11.6 Å². The predicted molar refractivity (Wildman–Crippen MR) is 47.2 cm³/mol. The van der Waals surface area contributed by atoms with E-state index in [0.29, 0.717) is 6.07 Å². The van der Waals surface area contributed by atoms with Crippen molar-refractivity contribution in [3.8, 4) is 0 Å². The Morgan fingerprint density at radius 2 is 1.93 bits per heavy atom. The Hall–Kier alpha value is -0.850. The zero-order chi connectivity index (χ0) is 11.6. The molecule has 15 heavy (non-hydrogen) atoms. The van der Waals surface area contributed by atoms with Crippen LogP contribution in [0.1, 0.15) is 11.6 Å². The highest BCUT2D eigenvalue weighted by Gasteiger charge is 2.39. The van der Waals surface area contributed by atoms with Crippen molar-refractivity contribution in [1.82, 2.24) is 5.43 Å². The summed E-state index contributed by atoms with van der Waals surface area (Å²) in [4.78, 5) is 0. The molecule has 0 heterocycles. The van der Waals surface area contributed by atoms with E-state index >= 15 is 0 Å². The fraction of sp³-hybridized carbons (Fsp3) is 0.250. The van der Waals surface area contributed by atoms with Gasteiger partial charge in [0.05, 0.1) is 0 Å². The van der Waals surface area contributed by atoms with Crippen molar-refractivity contribution < 1.29 is 17.6 Å². The third-order valence-electron chi connectivity index (χ3n) is 1.76. The molecule has 3 N–H and O–H groups in total. The molecule has 0 spiro atoms. The third kappa shape index (κ3) is 2.80. The van der Waals surface area contributed by atoms with Gasteiger partial charge in [0.15, 0.2) is 0 Å². The zero-order valence-corrected chi connectivity index (χ0v) is 8.03. The Morgan fingerprint density at radius 3 is 2.40 bits per heavy atom. The Kier molecular flexibility index (Phi) is 3.54. The van der Waals surface area contributed by atoms with Crippen molar-refractivity contribution in [2.24, 2.45) is 5.84 Å². The first-order valence-electron chi connectivity index (χ1n) is 3.84. The van der Waals surface area contributed by atoms with E-state index in [1.807, 2.05) is 0 Å². The van der Waals surface area contributed by atoms with Gasteiger partial charge in [-0.25, -0.2) is 14.2 Å². The minimum Gasteiger partial charge on any atom is -0.271 e. The summed E-state index contributed by atoms with van der Waals surface area (Å²) in [6.45, 7) is 0. The Bertz CT molecular complexity index is 353. The van der Waals surface area contributed by atoms with E-state index in [4.69, 9.17) is 17.4 Å². The number of hydrogen-bond donors (Lipinski definition) is 2. The van der Waals surface area contributed by atoms with E-state index in [1.165, 1.54) is 0 Å². The maximum absolute atomic E-state index is 13.1. The summed E-state index contributed by atoms with van der Waals surface area (Å²) >= 11 is 4.69. The van der Waals surface area contributed by atoms with Crippen LogP contribution in [0.25, 0.3) is 0 Å². The average molecular weight is 243 g/mol. The molecule has 0 aliphatic carbocycles. The quantitative estimate of drug-likeness (QED) is 0.369. The second-order valence-corrected chi connectivity index (χ2v) is 3.31. The lowest BCUT2D eigenvalue weighted by Crippen LogP contribution is -2.38. The van der Waals surface area contributed by atoms with Crippen LogP contribution in [0.5, 0.6) is 0 Å². The van der Waals surface area contributed by atoms with Gasteiger partial charge in [0.25, 0.3) is 0 Å². The number of hydrogen-bond acceptors (Lipinski definition) is 2. The molecular formula is C8H7ClF4N2. The molecule has 0 radical (unpaired) electrons. The van der Waals surface area contributed by atoms with Crippen LogP contribution in [0.4, 0.5) is 17.6 Å². The number of benzene rings is 1. The molecule has 1 aromatic rings. The normalized spacial score (nSPS) is 14.0. The average Bonchev–Trinajstić information content (AvgIpc) is 2.10. The number of hydrazine groups is 1. The molecule has 0 saturated carbocycles. The fourth-order valence-electron chi connectivity index (χ4n) is 1.10. The summed E-state index contributed by atoms with van der Waals surface area (Å²) in [5.74, 6) is 2.94. The summed E-state index contributed by atoms with van der Waals surface area (Å²) in [7, 11) is 0. The molecular weight excluding hydrogens is 236 g/mol. The van der Waals surface area contributed by atoms with Gasteiger partial charge in [-0.1, -0.05) is 0 Å². The largest absolute Gasteiger partial charge is 0.342 e. The SMILES string of the molecule is NNC(c1cc(F)ccc1F)C(F)(F)Cl. The predicted octanol–water partition coefficient (Wildman–Crippen LogP) is 2.30. The zero-order valence-electron chi connectivity index (χ0n) is 7.28. The number of alkyl halides is 3. The third-order valence-corrected chi connectivity index (χ3v) is 1.98. The number of nitrogens with one attached hydrogen (secondary N) is 1. The lowest BCUT2D eigenvalue weighted by molar-refractivity contribution is 0.0482. The molecule has 7 heteroatoms. The summed E-state index contributed by atoms with van der Waals surface area (Å²) in [6.07, 6.45) is 0. The molecule has 84 valence electrons. The van der Waals surface area contributed by atoms with Gasteiger partial charge in [0, 0.05) is 5.56 Å². The highest BCUT2D eigenvalue weighted by atomic mass is 35.5. The Morgan fingerprint density at radius 1 is 1.33 bits per heavy atom. The monoisotopic (exact) mass is 242 g/mol. The molecule has 0 fully saturated rings. The van der Waals surface area contributed by atoms with E-state index in [-0.39, 0.29) is 0 Å². The van der Waals surface area contributed by atoms with E-state index in [9.17, 15) is 17.6 Å². The smallest absolute Gasteiger partial charge is 0.271 e. The van der Waals surface area contributed by atoms with Crippen LogP contribution in [0.15, 0.2) is 18.2 Å². The molecule has 0 aliphatic rings.